The van der Waals surface area contributed by atoms with E-state index in [4.69, 9.17) is 15.6 Å². The van der Waals surface area contributed by atoms with Crippen LogP contribution in [0.2, 0.25) is 0 Å². The normalized spacial score (nSPS) is 10.1. The number of phenolic OH excluding ortho intramolecular Hbond substituents is 1. The molecule has 5 nitrogen and oxygen atoms in total. The second-order valence-corrected chi connectivity index (χ2v) is 3.00. The van der Waals surface area contributed by atoms with E-state index in [1.54, 1.807) is 24.3 Å². The molecule has 78 valence electrons. The lowest BCUT2D eigenvalue weighted by Gasteiger charge is -2.04. The summed E-state index contributed by atoms with van der Waals surface area (Å²) < 4.78 is 10.1. The Morgan fingerprint density at radius 3 is 2.67 bits per heavy atom. The molecule has 2 rings (SSSR count). The van der Waals surface area contributed by atoms with Gasteiger partial charge < -0.3 is 20.1 Å². The molecule has 0 saturated carbocycles. The fraction of sp³-hybridized carbons (Fsp3) is 0.100. The minimum Gasteiger partial charge on any atom is -0.508 e. The van der Waals surface area contributed by atoms with Gasteiger partial charge in [0.15, 0.2) is 0 Å². The van der Waals surface area contributed by atoms with Crippen LogP contribution in [-0.2, 0) is 6.61 Å². The molecule has 0 aliphatic heterocycles. The van der Waals surface area contributed by atoms with Gasteiger partial charge in [0.05, 0.1) is 11.8 Å². The molecule has 1 aromatic heterocycles. The summed E-state index contributed by atoms with van der Waals surface area (Å²) in [6.07, 6.45) is 1.51. The third-order valence-corrected chi connectivity index (χ3v) is 1.91. The number of phenols is 1. The lowest BCUT2D eigenvalue weighted by Crippen LogP contribution is -1.96. The van der Waals surface area contributed by atoms with Crippen LogP contribution in [0.25, 0.3) is 0 Å². The first kappa shape index (κ1) is 9.39. The Kier molecular flexibility index (Phi) is 2.45. The van der Waals surface area contributed by atoms with E-state index in [0.717, 1.165) is 0 Å². The fourth-order valence-electron chi connectivity index (χ4n) is 1.08. The predicted octanol–water partition coefficient (Wildman–Crippen LogP) is 1.54. The first-order valence-electron chi connectivity index (χ1n) is 4.36. The van der Waals surface area contributed by atoms with E-state index in [1.807, 2.05) is 0 Å². The van der Waals surface area contributed by atoms with Gasteiger partial charge in [0, 0.05) is 0 Å². The monoisotopic (exact) mass is 206 g/mol. The van der Waals surface area contributed by atoms with Crippen molar-refractivity contribution in [2.45, 2.75) is 6.61 Å². The largest absolute Gasteiger partial charge is 0.508 e. The van der Waals surface area contributed by atoms with Gasteiger partial charge in [0.2, 0.25) is 5.88 Å². The molecule has 0 amide bonds. The maximum absolute atomic E-state index is 9.05. The molecule has 1 heterocycles. The fourth-order valence-corrected chi connectivity index (χ4v) is 1.08. The number of aromatic nitrogens is 1. The Morgan fingerprint density at radius 2 is 2.07 bits per heavy atom. The van der Waals surface area contributed by atoms with Crippen LogP contribution in [0.4, 0.5) is 5.88 Å². The van der Waals surface area contributed by atoms with Crippen LogP contribution in [0, 0.1) is 0 Å². The summed E-state index contributed by atoms with van der Waals surface area (Å²) in [5.74, 6) is 1.11. The lowest BCUT2D eigenvalue weighted by atomic mass is 10.3. The highest BCUT2D eigenvalue weighted by Gasteiger charge is 2.04. The van der Waals surface area contributed by atoms with Crippen LogP contribution < -0.4 is 10.5 Å². The van der Waals surface area contributed by atoms with E-state index in [1.165, 1.54) is 6.20 Å². The zero-order valence-electron chi connectivity index (χ0n) is 7.88. The Morgan fingerprint density at radius 1 is 1.33 bits per heavy atom. The van der Waals surface area contributed by atoms with Gasteiger partial charge in [-0.3, -0.25) is 0 Å². The zero-order chi connectivity index (χ0) is 10.7. The van der Waals surface area contributed by atoms with Crippen molar-refractivity contribution in [3.05, 3.63) is 36.0 Å². The SMILES string of the molecule is Nc1oncc1COc1ccc(O)cc1. The van der Waals surface area contributed by atoms with Crippen molar-refractivity contribution in [3.8, 4) is 11.5 Å². The summed E-state index contributed by atoms with van der Waals surface area (Å²) >= 11 is 0. The first-order valence-corrected chi connectivity index (χ1v) is 4.36. The van der Waals surface area contributed by atoms with Crippen molar-refractivity contribution in [3.63, 3.8) is 0 Å². The van der Waals surface area contributed by atoms with Crippen LogP contribution in [0.3, 0.4) is 0 Å². The third kappa shape index (κ3) is 2.19. The van der Waals surface area contributed by atoms with Gasteiger partial charge in [-0.05, 0) is 24.3 Å². The number of hydrogen-bond acceptors (Lipinski definition) is 5. The Labute approximate surface area is 86.1 Å². The topological polar surface area (TPSA) is 81.5 Å². The quantitative estimate of drug-likeness (QED) is 0.796. The third-order valence-electron chi connectivity index (χ3n) is 1.91. The minimum atomic E-state index is 0.201. The molecule has 5 heteroatoms. The minimum absolute atomic E-state index is 0.201. The van der Waals surface area contributed by atoms with Crippen molar-refractivity contribution in [2.24, 2.45) is 0 Å². The molecule has 0 bridgehead atoms. The molecule has 2 aromatic rings. The molecular formula is C10H10N2O3. The van der Waals surface area contributed by atoms with Gasteiger partial charge in [-0.15, -0.1) is 0 Å². The van der Waals surface area contributed by atoms with Crippen molar-refractivity contribution >= 4 is 5.88 Å². The standard InChI is InChI=1S/C10H10N2O3/c11-10-7(5-12-15-10)6-14-9-3-1-8(13)2-4-9/h1-5,13H,6,11H2. The number of ether oxygens (including phenoxy) is 1. The van der Waals surface area contributed by atoms with E-state index < -0.39 is 0 Å². The van der Waals surface area contributed by atoms with Gasteiger partial charge in [0.1, 0.15) is 18.1 Å². The summed E-state index contributed by atoms with van der Waals surface area (Å²) in [5.41, 5.74) is 6.18. The second kappa shape index (κ2) is 3.91. The van der Waals surface area contributed by atoms with Gasteiger partial charge in [0.25, 0.3) is 0 Å². The number of nitrogens with zero attached hydrogens (tertiary/aromatic N) is 1. The molecule has 0 atom stereocenters. The van der Waals surface area contributed by atoms with Crippen molar-refractivity contribution in [2.75, 3.05) is 5.73 Å². The predicted molar refractivity (Wildman–Crippen MR) is 53.4 cm³/mol. The number of hydrogen-bond donors (Lipinski definition) is 2. The zero-order valence-corrected chi connectivity index (χ0v) is 7.88. The Bertz CT molecular complexity index is 436. The second-order valence-electron chi connectivity index (χ2n) is 3.00. The molecular weight excluding hydrogens is 196 g/mol. The highest BCUT2D eigenvalue weighted by molar-refractivity contribution is 5.34. The van der Waals surface area contributed by atoms with Gasteiger partial charge >= 0.3 is 0 Å². The molecule has 0 aliphatic rings. The average Bonchev–Trinajstić information content (AvgIpc) is 2.63. The number of anilines is 1. The van der Waals surface area contributed by atoms with Crippen LogP contribution in [0.1, 0.15) is 5.56 Å². The van der Waals surface area contributed by atoms with Crippen molar-refractivity contribution in [1.29, 1.82) is 0 Å². The summed E-state index contributed by atoms with van der Waals surface area (Å²) in [7, 11) is 0. The van der Waals surface area contributed by atoms with E-state index in [-0.39, 0.29) is 11.6 Å². The van der Waals surface area contributed by atoms with Crippen molar-refractivity contribution in [1.82, 2.24) is 5.16 Å². The number of nitrogens with two attached hydrogens (primary N) is 1. The van der Waals surface area contributed by atoms with Crippen LogP contribution in [0.15, 0.2) is 35.0 Å². The summed E-state index contributed by atoms with van der Waals surface area (Å²) in [4.78, 5) is 0. The van der Waals surface area contributed by atoms with Gasteiger partial charge in [-0.2, -0.15) is 0 Å². The van der Waals surface area contributed by atoms with Crippen molar-refractivity contribution < 1.29 is 14.4 Å². The van der Waals surface area contributed by atoms with E-state index in [2.05, 4.69) is 9.68 Å². The maximum atomic E-state index is 9.05. The molecule has 0 fully saturated rings. The summed E-state index contributed by atoms with van der Waals surface area (Å²) in [6, 6.07) is 6.43. The van der Waals surface area contributed by atoms with Gasteiger partial charge in [-0.25, -0.2) is 0 Å². The Hall–Kier alpha value is -2.17. The van der Waals surface area contributed by atoms with Gasteiger partial charge in [-0.1, -0.05) is 5.16 Å². The molecule has 0 aliphatic carbocycles. The number of aromatic hydroxyl groups is 1. The highest BCUT2D eigenvalue weighted by atomic mass is 16.5. The molecule has 15 heavy (non-hydrogen) atoms. The lowest BCUT2D eigenvalue weighted by molar-refractivity contribution is 0.305. The molecule has 3 N–H and O–H groups in total. The van der Waals surface area contributed by atoms with E-state index in [0.29, 0.717) is 17.9 Å². The molecule has 0 spiro atoms. The smallest absolute Gasteiger partial charge is 0.228 e. The van der Waals surface area contributed by atoms with Crippen LogP contribution in [0.5, 0.6) is 11.5 Å². The molecule has 0 saturated heterocycles. The molecule has 0 unspecified atom stereocenters. The van der Waals surface area contributed by atoms with Crippen LogP contribution >= 0.6 is 0 Å². The highest BCUT2D eigenvalue weighted by Crippen LogP contribution is 2.18. The number of rotatable bonds is 3. The maximum Gasteiger partial charge on any atom is 0.228 e. The van der Waals surface area contributed by atoms with E-state index >= 15 is 0 Å². The summed E-state index contributed by atoms with van der Waals surface area (Å²) in [5, 5.41) is 12.6. The summed E-state index contributed by atoms with van der Waals surface area (Å²) in [6.45, 7) is 0.292. The molecule has 1 aromatic carbocycles. The number of benzene rings is 1. The Balaban J connectivity index is 1.99. The van der Waals surface area contributed by atoms with E-state index in [9.17, 15) is 0 Å². The van der Waals surface area contributed by atoms with Crippen LogP contribution in [-0.4, -0.2) is 10.3 Å². The average molecular weight is 206 g/mol. The molecule has 0 radical (unpaired) electrons. The number of nitrogen functional groups attached to an aromatic ring is 1. The first-order chi connectivity index (χ1) is 7.25.